The van der Waals surface area contributed by atoms with Gasteiger partial charge < -0.3 is 9.47 Å². The SMILES string of the molecule is COC(CCCCC/C=C\CCBr)OC. The summed E-state index contributed by atoms with van der Waals surface area (Å²) in [7, 11) is 3.38. The van der Waals surface area contributed by atoms with Crippen molar-refractivity contribution in [1.29, 1.82) is 0 Å². The van der Waals surface area contributed by atoms with Crippen LogP contribution in [0.25, 0.3) is 0 Å². The first-order chi connectivity index (χ1) is 7.35. The predicted octanol–water partition coefficient (Wildman–Crippen LogP) is 3.90. The lowest BCUT2D eigenvalue weighted by Crippen LogP contribution is -2.12. The van der Waals surface area contributed by atoms with E-state index in [0.29, 0.717) is 0 Å². The van der Waals surface area contributed by atoms with Crippen LogP contribution in [0, 0.1) is 0 Å². The zero-order valence-corrected chi connectivity index (χ0v) is 11.5. The molecule has 3 heteroatoms. The van der Waals surface area contributed by atoms with Crippen LogP contribution in [0.2, 0.25) is 0 Å². The molecule has 0 aromatic rings. The highest BCUT2D eigenvalue weighted by atomic mass is 79.9. The number of halogens is 1. The summed E-state index contributed by atoms with van der Waals surface area (Å²) in [5, 5.41) is 1.06. The molecule has 0 bridgehead atoms. The molecule has 0 fully saturated rings. The second kappa shape index (κ2) is 12.2. The third-order valence-electron chi connectivity index (χ3n) is 2.28. The molecule has 0 N–H and O–H groups in total. The standard InChI is InChI=1S/C12H23BrO2/c1-14-12(15-2)10-8-6-4-3-5-7-9-11-13/h5,7,12H,3-4,6,8-11H2,1-2H3/b7-5-. The van der Waals surface area contributed by atoms with Crippen molar-refractivity contribution in [2.45, 2.75) is 44.8 Å². The van der Waals surface area contributed by atoms with Crippen molar-refractivity contribution in [2.24, 2.45) is 0 Å². The average molecular weight is 279 g/mol. The van der Waals surface area contributed by atoms with Crippen LogP contribution in [0.1, 0.15) is 38.5 Å². The van der Waals surface area contributed by atoms with Gasteiger partial charge in [0.05, 0.1) is 0 Å². The lowest BCUT2D eigenvalue weighted by molar-refractivity contribution is -0.107. The van der Waals surface area contributed by atoms with Gasteiger partial charge in [-0.3, -0.25) is 0 Å². The molecule has 0 saturated carbocycles. The van der Waals surface area contributed by atoms with Gasteiger partial charge in [-0.1, -0.05) is 34.5 Å². The van der Waals surface area contributed by atoms with Crippen molar-refractivity contribution < 1.29 is 9.47 Å². The molecule has 0 radical (unpaired) electrons. The number of ether oxygens (including phenoxy) is 2. The summed E-state index contributed by atoms with van der Waals surface area (Å²) in [5.41, 5.74) is 0. The van der Waals surface area contributed by atoms with Crippen molar-refractivity contribution in [3.05, 3.63) is 12.2 Å². The number of unbranched alkanes of at least 4 members (excludes halogenated alkanes) is 3. The topological polar surface area (TPSA) is 18.5 Å². The Balaban J connectivity index is 3.17. The molecular formula is C12H23BrO2. The highest BCUT2D eigenvalue weighted by molar-refractivity contribution is 9.09. The van der Waals surface area contributed by atoms with Gasteiger partial charge in [0.2, 0.25) is 0 Å². The fourth-order valence-corrected chi connectivity index (χ4v) is 1.64. The van der Waals surface area contributed by atoms with E-state index in [-0.39, 0.29) is 6.29 Å². The smallest absolute Gasteiger partial charge is 0.156 e. The van der Waals surface area contributed by atoms with Crippen LogP contribution >= 0.6 is 15.9 Å². The van der Waals surface area contributed by atoms with Gasteiger partial charge in [-0.25, -0.2) is 0 Å². The maximum absolute atomic E-state index is 5.12. The van der Waals surface area contributed by atoms with E-state index in [1.54, 1.807) is 14.2 Å². The highest BCUT2D eigenvalue weighted by Gasteiger charge is 2.02. The van der Waals surface area contributed by atoms with E-state index in [1.807, 2.05) is 0 Å². The summed E-state index contributed by atoms with van der Waals surface area (Å²) >= 11 is 3.40. The van der Waals surface area contributed by atoms with Crippen LogP contribution in [0.4, 0.5) is 0 Å². The Morgan fingerprint density at radius 3 is 2.27 bits per heavy atom. The van der Waals surface area contributed by atoms with Gasteiger partial charge in [-0.15, -0.1) is 0 Å². The van der Waals surface area contributed by atoms with Gasteiger partial charge in [0.15, 0.2) is 6.29 Å². The lowest BCUT2D eigenvalue weighted by Gasteiger charge is -2.12. The van der Waals surface area contributed by atoms with Crippen molar-refractivity contribution in [3.63, 3.8) is 0 Å². The number of hydrogen-bond donors (Lipinski definition) is 0. The van der Waals surface area contributed by atoms with Gasteiger partial charge in [0.25, 0.3) is 0 Å². The minimum Gasteiger partial charge on any atom is -0.356 e. The Morgan fingerprint density at radius 2 is 1.67 bits per heavy atom. The van der Waals surface area contributed by atoms with E-state index >= 15 is 0 Å². The molecule has 0 aliphatic heterocycles. The minimum absolute atomic E-state index is 0.0195. The zero-order chi connectivity index (χ0) is 11.4. The molecule has 0 amide bonds. The van der Waals surface area contributed by atoms with Crippen molar-refractivity contribution in [1.82, 2.24) is 0 Å². The van der Waals surface area contributed by atoms with Crippen molar-refractivity contribution in [2.75, 3.05) is 19.5 Å². The Morgan fingerprint density at radius 1 is 1.00 bits per heavy atom. The van der Waals surface area contributed by atoms with E-state index in [2.05, 4.69) is 28.1 Å². The van der Waals surface area contributed by atoms with Crippen LogP contribution in [-0.4, -0.2) is 25.8 Å². The van der Waals surface area contributed by atoms with E-state index in [9.17, 15) is 0 Å². The number of methoxy groups -OCH3 is 2. The summed E-state index contributed by atoms with van der Waals surface area (Å²) in [6.45, 7) is 0. The van der Waals surface area contributed by atoms with Gasteiger partial charge in [0, 0.05) is 19.5 Å². The van der Waals surface area contributed by atoms with Crippen LogP contribution in [0.5, 0.6) is 0 Å². The number of allylic oxidation sites excluding steroid dienone is 2. The van der Waals surface area contributed by atoms with E-state index in [4.69, 9.17) is 9.47 Å². The normalized spacial score (nSPS) is 11.7. The third kappa shape index (κ3) is 10.4. The summed E-state index contributed by atoms with van der Waals surface area (Å²) in [6, 6.07) is 0. The number of alkyl halides is 1. The van der Waals surface area contributed by atoms with Crippen LogP contribution < -0.4 is 0 Å². The Labute approximate surface area is 102 Å². The lowest BCUT2D eigenvalue weighted by atomic mass is 10.1. The maximum Gasteiger partial charge on any atom is 0.156 e. The summed E-state index contributed by atoms with van der Waals surface area (Å²) < 4.78 is 10.2. The monoisotopic (exact) mass is 278 g/mol. The van der Waals surface area contributed by atoms with Crippen molar-refractivity contribution in [3.8, 4) is 0 Å². The molecule has 0 rings (SSSR count). The Bertz CT molecular complexity index is 145. The Hall–Kier alpha value is 0.140. The first-order valence-electron chi connectivity index (χ1n) is 5.61. The molecule has 0 aliphatic rings. The van der Waals surface area contributed by atoms with Gasteiger partial charge >= 0.3 is 0 Å². The highest BCUT2D eigenvalue weighted by Crippen LogP contribution is 2.08. The Kier molecular flexibility index (Phi) is 12.3. The second-order valence-corrected chi connectivity index (χ2v) is 4.28. The molecule has 0 aromatic carbocycles. The van der Waals surface area contributed by atoms with E-state index < -0.39 is 0 Å². The summed E-state index contributed by atoms with van der Waals surface area (Å²) in [5.74, 6) is 0. The largest absolute Gasteiger partial charge is 0.356 e. The van der Waals surface area contributed by atoms with Gasteiger partial charge in [-0.05, 0) is 32.1 Å². The minimum atomic E-state index is -0.0195. The molecule has 15 heavy (non-hydrogen) atoms. The first kappa shape index (κ1) is 15.1. The van der Waals surface area contributed by atoms with Gasteiger partial charge in [-0.2, -0.15) is 0 Å². The summed E-state index contributed by atoms with van der Waals surface area (Å²) in [4.78, 5) is 0. The van der Waals surface area contributed by atoms with Gasteiger partial charge in [0.1, 0.15) is 0 Å². The van der Waals surface area contributed by atoms with E-state index in [0.717, 1.165) is 18.2 Å². The second-order valence-electron chi connectivity index (χ2n) is 3.49. The predicted molar refractivity (Wildman–Crippen MR) is 68.4 cm³/mol. The maximum atomic E-state index is 5.12. The van der Waals surface area contributed by atoms with E-state index in [1.165, 1.54) is 25.7 Å². The molecule has 0 aliphatic carbocycles. The fourth-order valence-electron chi connectivity index (χ4n) is 1.38. The van der Waals surface area contributed by atoms with Crippen LogP contribution in [0.15, 0.2) is 12.2 Å². The number of rotatable bonds is 10. The molecule has 0 saturated heterocycles. The summed E-state index contributed by atoms with van der Waals surface area (Å²) in [6.07, 6.45) is 11.5. The van der Waals surface area contributed by atoms with Crippen molar-refractivity contribution >= 4 is 15.9 Å². The van der Waals surface area contributed by atoms with Crippen LogP contribution in [-0.2, 0) is 9.47 Å². The molecular weight excluding hydrogens is 256 g/mol. The third-order valence-corrected chi connectivity index (χ3v) is 2.74. The molecule has 0 spiro atoms. The first-order valence-corrected chi connectivity index (χ1v) is 6.73. The fraction of sp³-hybridized carbons (Fsp3) is 0.833. The molecule has 0 heterocycles. The quantitative estimate of drug-likeness (QED) is 0.261. The average Bonchev–Trinajstić information content (AvgIpc) is 2.27. The molecule has 90 valence electrons. The van der Waals surface area contributed by atoms with Crippen LogP contribution in [0.3, 0.4) is 0 Å². The molecule has 0 aromatic heterocycles. The molecule has 0 atom stereocenters. The molecule has 0 unspecified atom stereocenters. The number of hydrogen-bond acceptors (Lipinski definition) is 2. The molecule has 2 nitrogen and oxygen atoms in total. The zero-order valence-electron chi connectivity index (χ0n) is 9.88.